The Kier molecular flexibility index (Phi) is 5.79. The Hall–Kier alpha value is -0.480. The summed E-state index contributed by atoms with van der Waals surface area (Å²) in [5.74, 6) is 1.72. The van der Waals surface area contributed by atoms with Gasteiger partial charge < -0.3 is 0 Å². The lowest BCUT2D eigenvalue weighted by Gasteiger charge is -2.05. The largest absolute Gasteiger partial charge is 0.154 e. The molecule has 1 aromatic carbocycles. The van der Waals surface area contributed by atoms with Gasteiger partial charge in [0, 0.05) is 28.0 Å². The maximum atomic E-state index is 9.93. The first-order chi connectivity index (χ1) is 7.22. The Morgan fingerprint density at radius 3 is 2.13 bits per heavy atom. The van der Waals surface area contributed by atoms with Crippen LogP contribution in [0.5, 0.6) is 0 Å². The molecule has 0 bridgehead atoms. The average molecular weight is 241 g/mol. The molecule has 0 atom stereocenters. The molecule has 82 valence electrons. The first-order valence-corrected chi connectivity index (χ1v) is 6.85. The highest BCUT2D eigenvalue weighted by Crippen LogP contribution is 2.19. The van der Waals surface area contributed by atoms with E-state index in [1.54, 1.807) is 0 Å². The monoisotopic (exact) mass is 241 g/mol. The fourth-order valence-corrected chi connectivity index (χ4v) is 2.21. The summed E-state index contributed by atoms with van der Waals surface area (Å²) < 4.78 is 2.78. The molecule has 15 heavy (non-hydrogen) atoms. The summed E-state index contributed by atoms with van der Waals surface area (Å²) in [7, 11) is 0. The van der Waals surface area contributed by atoms with Gasteiger partial charge >= 0.3 is 0 Å². The van der Waals surface area contributed by atoms with Crippen LogP contribution in [0.2, 0.25) is 0 Å². The molecule has 0 heterocycles. The highest BCUT2D eigenvalue weighted by molar-refractivity contribution is 7.99. The molecular formula is C11H15NOS2. The van der Waals surface area contributed by atoms with E-state index in [1.165, 1.54) is 5.56 Å². The van der Waals surface area contributed by atoms with Crippen molar-refractivity contribution in [1.29, 1.82) is 0 Å². The first kappa shape index (κ1) is 12.6. The summed E-state index contributed by atoms with van der Waals surface area (Å²) in [6.07, 6.45) is 0. The zero-order valence-corrected chi connectivity index (χ0v) is 10.6. The molecule has 0 amide bonds. The Labute approximate surface area is 99.3 Å². The minimum Gasteiger partial charge on any atom is -0.154 e. The third-order valence-electron chi connectivity index (χ3n) is 1.89. The second kappa shape index (κ2) is 6.90. The molecule has 0 aliphatic rings. The van der Waals surface area contributed by atoms with E-state index in [4.69, 9.17) is 0 Å². The van der Waals surface area contributed by atoms with Gasteiger partial charge in [-0.1, -0.05) is 38.1 Å². The van der Waals surface area contributed by atoms with Crippen molar-refractivity contribution in [2.45, 2.75) is 30.6 Å². The summed E-state index contributed by atoms with van der Waals surface area (Å²) in [5, 5.41) is 0.666. The fraction of sp³-hybridized carbons (Fsp3) is 0.455. The summed E-state index contributed by atoms with van der Waals surface area (Å²) in [5.41, 5.74) is 2.49. The fourth-order valence-electron chi connectivity index (χ4n) is 1.10. The van der Waals surface area contributed by atoms with Gasteiger partial charge in [0.05, 0.1) is 0 Å². The van der Waals surface area contributed by atoms with Gasteiger partial charge in [0.2, 0.25) is 0 Å². The Morgan fingerprint density at radius 2 is 1.67 bits per heavy atom. The minimum atomic E-state index is 0.666. The van der Waals surface area contributed by atoms with E-state index in [0.717, 1.165) is 23.3 Å². The molecule has 0 aliphatic heterocycles. The van der Waals surface area contributed by atoms with Gasteiger partial charge in [-0.3, -0.25) is 0 Å². The number of thioether (sulfide) groups is 1. The summed E-state index contributed by atoms with van der Waals surface area (Å²) in [4.78, 5) is 9.93. The smallest absolute Gasteiger partial charge is 0.0438 e. The van der Waals surface area contributed by atoms with Crippen LogP contribution in [0.25, 0.3) is 0 Å². The predicted octanol–water partition coefficient (Wildman–Crippen LogP) is 4.24. The summed E-state index contributed by atoms with van der Waals surface area (Å²) in [6.45, 7) is 4.40. The molecule has 0 fully saturated rings. The van der Waals surface area contributed by atoms with Gasteiger partial charge in [-0.25, -0.2) is 0 Å². The van der Waals surface area contributed by atoms with Crippen LogP contribution in [0.15, 0.2) is 28.8 Å². The predicted molar refractivity (Wildman–Crippen MR) is 70.0 cm³/mol. The van der Waals surface area contributed by atoms with E-state index in [1.807, 2.05) is 11.8 Å². The topological polar surface area (TPSA) is 29.4 Å². The molecular weight excluding hydrogens is 226 g/mol. The van der Waals surface area contributed by atoms with Crippen LogP contribution in [0.4, 0.5) is 0 Å². The van der Waals surface area contributed by atoms with Crippen LogP contribution >= 0.6 is 23.7 Å². The highest BCUT2D eigenvalue weighted by atomic mass is 32.2. The van der Waals surface area contributed by atoms with Crippen molar-refractivity contribution in [3.05, 3.63) is 40.3 Å². The molecule has 0 aromatic heterocycles. The minimum absolute atomic E-state index is 0.666. The van der Waals surface area contributed by atoms with Gasteiger partial charge in [-0.2, -0.15) is 11.8 Å². The maximum Gasteiger partial charge on any atom is 0.0438 e. The number of nitrogens with zero attached hydrogens (tertiary/aromatic N) is 1. The van der Waals surface area contributed by atoms with E-state index in [2.05, 4.69) is 42.7 Å². The standard InChI is InChI=1S/C11H15NOS2/c1-9(2)14-7-10-3-5-11(6-4-10)8-15-12-13/h3-6,9H,7-8H2,1-2H3. The summed E-state index contributed by atoms with van der Waals surface area (Å²) >= 11 is 2.98. The van der Waals surface area contributed by atoms with Crippen molar-refractivity contribution in [3.8, 4) is 0 Å². The van der Waals surface area contributed by atoms with Gasteiger partial charge in [0.25, 0.3) is 0 Å². The van der Waals surface area contributed by atoms with Crippen LogP contribution in [-0.4, -0.2) is 5.25 Å². The van der Waals surface area contributed by atoms with Crippen molar-refractivity contribution in [1.82, 2.24) is 0 Å². The average Bonchev–Trinajstić information content (AvgIpc) is 2.25. The Bertz CT molecular complexity index is 298. The molecule has 1 rings (SSSR count). The number of nitroso groups, excluding NO2 is 1. The molecule has 0 saturated carbocycles. The zero-order chi connectivity index (χ0) is 11.1. The zero-order valence-electron chi connectivity index (χ0n) is 8.97. The van der Waals surface area contributed by atoms with E-state index < -0.39 is 0 Å². The lowest BCUT2D eigenvalue weighted by atomic mass is 10.2. The van der Waals surface area contributed by atoms with Gasteiger partial charge in [0.15, 0.2) is 0 Å². The SMILES string of the molecule is CC(C)SCc1ccc(CSN=O)cc1. The van der Waals surface area contributed by atoms with Gasteiger partial charge in [-0.15, -0.1) is 4.91 Å². The Morgan fingerprint density at radius 1 is 1.13 bits per heavy atom. The normalized spacial score (nSPS) is 10.6. The molecule has 0 aliphatic carbocycles. The molecule has 0 radical (unpaired) electrons. The van der Waals surface area contributed by atoms with Crippen molar-refractivity contribution < 1.29 is 0 Å². The van der Waals surface area contributed by atoms with E-state index in [-0.39, 0.29) is 0 Å². The van der Waals surface area contributed by atoms with E-state index in [0.29, 0.717) is 11.0 Å². The highest BCUT2D eigenvalue weighted by Gasteiger charge is 1.98. The van der Waals surface area contributed by atoms with Crippen molar-refractivity contribution in [2.24, 2.45) is 4.58 Å². The summed E-state index contributed by atoms with van der Waals surface area (Å²) in [6, 6.07) is 8.37. The molecule has 0 spiro atoms. The molecule has 0 N–H and O–H groups in total. The van der Waals surface area contributed by atoms with Crippen molar-refractivity contribution >= 4 is 23.7 Å². The molecule has 2 nitrogen and oxygen atoms in total. The molecule has 1 aromatic rings. The van der Waals surface area contributed by atoms with Crippen molar-refractivity contribution in [2.75, 3.05) is 0 Å². The maximum absolute atomic E-state index is 9.93. The second-order valence-electron chi connectivity index (χ2n) is 3.52. The third kappa shape index (κ3) is 5.23. The molecule has 0 unspecified atom stereocenters. The molecule has 4 heteroatoms. The van der Waals surface area contributed by atoms with E-state index in [9.17, 15) is 4.91 Å². The number of hydrogen-bond acceptors (Lipinski definition) is 4. The van der Waals surface area contributed by atoms with Crippen LogP contribution in [0.1, 0.15) is 25.0 Å². The third-order valence-corrected chi connectivity index (χ3v) is 3.62. The number of hydrogen-bond donors (Lipinski definition) is 0. The quantitative estimate of drug-likeness (QED) is 0.551. The Balaban J connectivity index is 2.45. The van der Waals surface area contributed by atoms with Crippen LogP contribution < -0.4 is 0 Å². The second-order valence-corrected chi connectivity index (χ2v) is 5.78. The van der Waals surface area contributed by atoms with Crippen LogP contribution in [-0.2, 0) is 11.5 Å². The number of rotatable bonds is 6. The van der Waals surface area contributed by atoms with Gasteiger partial charge in [0.1, 0.15) is 0 Å². The van der Waals surface area contributed by atoms with E-state index >= 15 is 0 Å². The van der Waals surface area contributed by atoms with Crippen molar-refractivity contribution in [3.63, 3.8) is 0 Å². The lowest BCUT2D eigenvalue weighted by molar-refractivity contribution is 1.11. The van der Waals surface area contributed by atoms with Crippen LogP contribution in [0, 0.1) is 4.91 Å². The lowest BCUT2D eigenvalue weighted by Crippen LogP contribution is -1.89. The van der Waals surface area contributed by atoms with Crippen LogP contribution in [0.3, 0.4) is 0 Å². The number of benzene rings is 1. The first-order valence-electron chi connectivity index (χ1n) is 4.86. The molecule has 0 saturated heterocycles. The van der Waals surface area contributed by atoms with Gasteiger partial charge in [-0.05, 0) is 16.4 Å².